The van der Waals surface area contributed by atoms with Crippen molar-refractivity contribution in [3.63, 3.8) is 0 Å². The minimum absolute atomic E-state index is 0.429. The lowest BCUT2D eigenvalue weighted by Crippen LogP contribution is -2.03. The second kappa shape index (κ2) is 5.47. The van der Waals surface area contributed by atoms with E-state index in [0.717, 1.165) is 42.3 Å². The molecular weight excluding hydrogens is 238 g/mol. The molecule has 1 aromatic carbocycles. The molecule has 0 amide bonds. The monoisotopic (exact) mass is 259 g/mol. The van der Waals surface area contributed by atoms with Crippen LogP contribution in [0.25, 0.3) is 10.9 Å². The van der Waals surface area contributed by atoms with Crippen LogP contribution in [0.5, 0.6) is 0 Å². The largest absolute Gasteiger partial charge is 0.478 e. The summed E-state index contributed by atoms with van der Waals surface area (Å²) in [6, 6.07) is 3.96. The van der Waals surface area contributed by atoms with Crippen LogP contribution >= 0.6 is 0 Å². The number of nitrogens with zero attached hydrogens (tertiary/aromatic N) is 1. The van der Waals surface area contributed by atoms with Crippen LogP contribution in [0, 0.1) is 0 Å². The van der Waals surface area contributed by atoms with E-state index < -0.39 is 5.97 Å². The third-order valence-corrected chi connectivity index (χ3v) is 3.61. The van der Waals surface area contributed by atoms with Crippen LogP contribution in [0.4, 0.5) is 0 Å². The van der Waals surface area contributed by atoms with Gasteiger partial charge in [0.2, 0.25) is 0 Å². The molecule has 0 aliphatic heterocycles. The second-order valence-electron chi connectivity index (χ2n) is 4.89. The number of aromatic nitrogens is 1. The summed E-state index contributed by atoms with van der Waals surface area (Å²) in [5, 5.41) is 10.6. The van der Waals surface area contributed by atoms with E-state index in [0.29, 0.717) is 5.56 Å². The summed E-state index contributed by atoms with van der Waals surface area (Å²) in [4.78, 5) is 11.5. The number of carboxylic acids is 1. The fraction of sp³-hybridized carbons (Fsp3) is 0.438. The lowest BCUT2D eigenvalue weighted by Gasteiger charge is -2.07. The molecule has 3 nitrogen and oxygen atoms in total. The fourth-order valence-corrected chi connectivity index (χ4v) is 2.66. The minimum atomic E-state index is -0.837. The van der Waals surface area contributed by atoms with E-state index in [1.807, 2.05) is 6.07 Å². The van der Waals surface area contributed by atoms with Crippen LogP contribution in [-0.2, 0) is 19.4 Å². The number of benzene rings is 1. The zero-order valence-electron chi connectivity index (χ0n) is 11.9. The second-order valence-corrected chi connectivity index (χ2v) is 4.89. The highest BCUT2D eigenvalue weighted by molar-refractivity contribution is 6.03. The molecule has 102 valence electrons. The summed E-state index contributed by atoms with van der Waals surface area (Å²) < 4.78 is 2.06. The zero-order chi connectivity index (χ0) is 14.0. The highest BCUT2D eigenvalue weighted by Gasteiger charge is 2.16. The number of rotatable bonds is 5. The molecule has 2 aromatic rings. The van der Waals surface area contributed by atoms with Gasteiger partial charge in [0.05, 0.1) is 11.1 Å². The predicted molar refractivity (Wildman–Crippen MR) is 77.9 cm³/mol. The number of aromatic carboxylic acids is 1. The summed E-state index contributed by atoms with van der Waals surface area (Å²) in [5.41, 5.74) is 3.66. The van der Waals surface area contributed by atoms with Crippen LogP contribution in [0.1, 0.15) is 48.7 Å². The molecule has 0 radical (unpaired) electrons. The molecule has 0 aliphatic rings. The third-order valence-electron chi connectivity index (χ3n) is 3.61. The number of aryl methyl sites for hydroxylation is 3. The van der Waals surface area contributed by atoms with E-state index in [2.05, 4.69) is 37.6 Å². The first-order valence-corrected chi connectivity index (χ1v) is 7.00. The number of carboxylic acid groups (broad SMARTS) is 1. The van der Waals surface area contributed by atoms with E-state index in [-0.39, 0.29) is 0 Å². The SMILES string of the molecule is CCCc1cn(CC)c2c(C(=O)O)cc(CC)cc12. The normalized spacial score (nSPS) is 11.1. The van der Waals surface area contributed by atoms with Gasteiger partial charge < -0.3 is 9.67 Å². The Bertz CT molecular complexity index is 611. The Morgan fingerprint density at radius 3 is 2.53 bits per heavy atom. The smallest absolute Gasteiger partial charge is 0.337 e. The van der Waals surface area contributed by atoms with Crippen molar-refractivity contribution in [3.05, 3.63) is 35.0 Å². The van der Waals surface area contributed by atoms with Crippen LogP contribution < -0.4 is 0 Å². The van der Waals surface area contributed by atoms with Crippen molar-refractivity contribution in [1.82, 2.24) is 4.57 Å². The molecule has 1 heterocycles. The molecule has 0 aliphatic carbocycles. The van der Waals surface area contributed by atoms with Gasteiger partial charge in [0.25, 0.3) is 0 Å². The van der Waals surface area contributed by atoms with Gasteiger partial charge in [-0.15, -0.1) is 0 Å². The summed E-state index contributed by atoms with van der Waals surface area (Å²) in [6.07, 6.45) is 5.04. The summed E-state index contributed by atoms with van der Waals surface area (Å²) >= 11 is 0. The average Bonchev–Trinajstić information content (AvgIpc) is 2.76. The Labute approximate surface area is 113 Å². The van der Waals surface area contributed by atoms with Crippen LogP contribution in [0.3, 0.4) is 0 Å². The third kappa shape index (κ3) is 2.37. The highest BCUT2D eigenvalue weighted by atomic mass is 16.4. The van der Waals surface area contributed by atoms with Gasteiger partial charge in [0, 0.05) is 18.1 Å². The van der Waals surface area contributed by atoms with Crippen molar-refractivity contribution in [2.45, 2.75) is 46.6 Å². The Morgan fingerprint density at radius 1 is 1.26 bits per heavy atom. The van der Waals surface area contributed by atoms with E-state index in [1.54, 1.807) is 0 Å². The Kier molecular flexibility index (Phi) is 3.93. The maximum absolute atomic E-state index is 11.5. The van der Waals surface area contributed by atoms with Crippen molar-refractivity contribution in [1.29, 1.82) is 0 Å². The standard InChI is InChI=1S/C16H21NO2/c1-4-7-12-10-17(6-3)15-13(12)8-11(5-2)9-14(15)16(18)19/h8-10H,4-7H2,1-3H3,(H,18,19). The molecule has 0 unspecified atom stereocenters. The molecular formula is C16H21NO2. The number of hydrogen-bond acceptors (Lipinski definition) is 1. The van der Waals surface area contributed by atoms with E-state index in [9.17, 15) is 9.90 Å². The molecule has 0 bridgehead atoms. The predicted octanol–water partition coefficient (Wildman–Crippen LogP) is 3.87. The zero-order valence-corrected chi connectivity index (χ0v) is 11.9. The molecule has 1 aromatic heterocycles. The molecule has 3 heteroatoms. The van der Waals surface area contributed by atoms with Crippen LogP contribution in [0.15, 0.2) is 18.3 Å². The Balaban J connectivity index is 2.81. The van der Waals surface area contributed by atoms with E-state index in [1.165, 1.54) is 5.56 Å². The molecule has 0 atom stereocenters. The summed E-state index contributed by atoms with van der Waals surface area (Å²) in [7, 11) is 0. The molecule has 0 fully saturated rings. The van der Waals surface area contributed by atoms with Crippen LogP contribution in [-0.4, -0.2) is 15.6 Å². The van der Waals surface area contributed by atoms with Gasteiger partial charge in [-0.25, -0.2) is 4.79 Å². The summed E-state index contributed by atoms with van der Waals surface area (Å²) in [6.45, 7) is 7.06. The van der Waals surface area contributed by atoms with Gasteiger partial charge >= 0.3 is 5.97 Å². The molecule has 1 N–H and O–H groups in total. The van der Waals surface area contributed by atoms with Crippen molar-refractivity contribution in [2.24, 2.45) is 0 Å². The lowest BCUT2D eigenvalue weighted by molar-refractivity contribution is 0.0698. The topological polar surface area (TPSA) is 42.2 Å². The maximum atomic E-state index is 11.5. The molecule has 0 saturated carbocycles. The Morgan fingerprint density at radius 2 is 2.00 bits per heavy atom. The molecule has 19 heavy (non-hydrogen) atoms. The highest BCUT2D eigenvalue weighted by Crippen LogP contribution is 2.28. The summed E-state index contributed by atoms with van der Waals surface area (Å²) in [5.74, 6) is -0.837. The van der Waals surface area contributed by atoms with Crippen molar-refractivity contribution in [2.75, 3.05) is 0 Å². The number of fused-ring (bicyclic) bond motifs is 1. The maximum Gasteiger partial charge on any atom is 0.337 e. The van der Waals surface area contributed by atoms with Gasteiger partial charge in [0.1, 0.15) is 0 Å². The molecule has 0 saturated heterocycles. The van der Waals surface area contributed by atoms with Gasteiger partial charge in [-0.2, -0.15) is 0 Å². The first-order chi connectivity index (χ1) is 9.12. The van der Waals surface area contributed by atoms with E-state index in [4.69, 9.17) is 0 Å². The Hall–Kier alpha value is -1.77. The first kappa shape index (κ1) is 13.7. The first-order valence-electron chi connectivity index (χ1n) is 7.00. The van der Waals surface area contributed by atoms with Crippen molar-refractivity contribution < 1.29 is 9.90 Å². The van der Waals surface area contributed by atoms with Gasteiger partial charge in [-0.1, -0.05) is 20.3 Å². The van der Waals surface area contributed by atoms with Gasteiger partial charge in [-0.05, 0) is 43.0 Å². The average molecular weight is 259 g/mol. The van der Waals surface area contributed by atoms with Gasteiger partial charge in [0.15, 0.2) is 0 Å². The lowest BCUT2D eigenvalue weighted by atomic mass is 10.0. The number of carbonyl (C=O) groups is 1. The minimum Gasteiger partial charge on any atom is -0.478 e. The van der Waals surface area contributed by atoms with E-state index >= 15 is 0 Å². The van der Waals surface area contributed by atoms with Crippen LogP contribution in [0.2, 0.25) is 0 Å². The van der Waals surface area contributed by atoms with Gasteiger partial charge in [-0.3, -0.25) is 0 Å². The number of hydrogen-bond donors (Lipinski definition) is 1. The molecule has 0 spiro atoms. The van der Waals surface area contributed by atoms with Crippen molar-refractivity contribution in [3.8, 4) is 0 Å². The molecule has 2 rings (SSSR count). The van der Waals surface area contributed by atoms with Crippen molar-refractivity contribution >= 4 is 16.9 Å². The quantitative estimate of drug-likeness (QED) is 0.885. The fourth-order valence-electron chi connectivity index (χ4n) is 2.66.